The second-order valence-electron chi connectivity index (χ2n) is 7.55. The lowest BCUT2D eigenvalue weighted by molar-refractivity contribution is -0.133. The van der Waals surface area contributed by atoms with Crippen molar-refractivity contribution >= 4 is 27.5 Å². The summed E-state index contributed by atoms with van der Waals surface area (Å²) in [6, 6.07) is 15.0. The minimum Gasteiger partial charge on any atom is -0.340 e. The topological polar surface area (TPSA) is 75.5 Å². The molecule has 2 heterocycles. The highest BCUT2D eigenvalue weighted by molar-refractivity contribution is 7.89. The maximum absolute atomic E-state index is 13.1. The van der Waals surface area contributed by atoms with Crippen LogP contribution >= 0.6 is 11.6 Å². The molecule has 0 unspecified atom stereocenters. The van der Waals surface area contributed by atoms with Gasteiger partial charge in [-0.15, -0.1) is 0 Å². The first-order valence-electron chi connectivity index (χ1n) is 9.97. The van der Waals surface area contributed by atoms with Crippen molar-refractivity contribution in [3.05, 3.63) is 77.6 Å². The molecule has 1 amide bonds. The molecule has 162 valence electrons. The summed E-state index contributed by atoms with van der Waals surface area (Å²) in [5.41, 5.74) is 1.79. The molecule has 1 aromatic heterocycles. The van der Waals surface area contributed by atoms with Crippen LogP contribution in [0.5, 0.6) is 0 Å². The van der Waals surface area contributed by atoms with E-state index in [4.69, 9.17) is 11.6 Å². The fourth-order valence-corrected chi connectivity index (χ4v) is 5.56. The Labute approximate surface area is 186 Å². The summed E-state index contributed by atoms with van der Waals surface area (Å²) >= 11 is 5.88. The minimum absolute atomic E-state index is 0.142. The Hall–Kier alpha value is -2.68. The van der Waals surface area contributed by atoms with E-state index in [1.165, 1.54) is 28.6 Å². The molecule has 7 nitrogen and oxygen atoms in total. The predicted molar refractivity (Wildman–Crippen MR) is 118 cm³/mol. The first-order valence-corrected chi connectivity index (χ1v) is 11.8. The van der Waals surface area contributed by atoms with Crippen molar-refractivity contribution < 1.29 is 13.2 Å². The molecule has 1 aliphatic heterocycles. The van der Waals surface area contributed by atoms with Crippen molar-refractivity contribution in [1.82, 2.24) is 19.0 Å². The molecule has 1 fully saturated rings. The lowest BCUT2D eigenvalue weighted by Crippen LogP contribution is -2.46. The number of sulfonamides is 1. The van der Waals surface area contributed by atoms with E-state index >= 15 is 0 Å². The molecule has 0 aliphatic carbocycles. The first-order chi connectivity index (χ1) is 14.9. The van der Waals surface area contributed by atoms with E-state index in [0.29, 0.717) is 31.0 Å². The summed E-state index contributed by atoms with van der Waals surface area (Å²) in [7, 11) is -2.09. The second-order valence-corrected chi connectivity index (χ2v) is 9.88. The van der Waals surface area contributed by atoms with E-state index in [1.54, 1.807) is 22.8 Å². The van der Waals surface area contributed by atoms with Gasteiger partial charge in [0, 0.05) is 36.9 Å². The van der Waals surface area contributed by atoms with E-state index < -0.39 is 16.1 Å². The van der Waals surface area contributed by atoms with Gasteiger partial charge in [-0.3, -0.25) is 4.79 Å². The fraction of sp³-hybridized carbons (Fsp3) is 0.273. The van der Waals surface area contributed by atoms with Crippen LogP contribution in [0.15, 0.2) is 71.9 Å². The summed E-state index contributed by atoms with van der Waals surface area (Å²) in [5.74, 6) is -0.220. The number of halogens is 1. The van der Waals surface area contributed by atoms with Crippen molar-refractivity contribution in [2.24, 2.45) is 0 Å². The van der Waals surface area contributed by atoms with Gasteiger partial charge in [0.25, 0.3) is 0 Å². The molecule has 0 saturated carbocycles. The van der Waals surface area contributed by atoms with Gasteiger partial charge in [-0.2, -0.15) is 9.40 Å². The number of carbonyl (C=O) groups is 1. The van der Waals surface area contributed by atoms with Crippen LogP contribution in [0, 0.1) is 0 Å². The van der Waals surface area contributed by atoms with Gasteiger partial charge in [0.1, 0.15) is 6.04 Å². The van der Waals surface area contributed by atoms with E-state index in [1.807, 2.05) is 36.5 Å². The zero-order chi connectivity index (χ0) is 22.0. The van der Waals surface area contributed by atoms with Crippen LogP contribution in [0.2, 0.25) is 5.02 Å². The van der Waals surface area contributed by atoms with Crippen LogP contribution in [0.1, 0.15) is 18.4 Å². The molecule has 1 saturated heterocycles. The molecule has 0 spiro atoms. The van der Waals surface area contributed by atoms with Gasteiger partial charge in [-0.1, -0.05) is 29.8 Å². The number of hydrogen-bond acceptors (Lipinski definition) is 4. The molecule has 2 aromatic carbocycles. The quantitative estimate of drug-likeness (QED) is 0.567. The number of amides is 1. The number of hydrogen-bond donors (Lipinski definition) is 0. The molecule has 4 rings (SSSR count). The van der Waals surface area contributed by atoms with E-state index in [9.17, 15) is 13.2 Å². The molecule has 1 aliphatic rings. The van der Waals surface area contributed by atoms with Crippen molar-refractivity contribution in [3.8, 4) is 5.69 Å². The largest absolute Gasteiger partial charge is 0.340 e. The Morgan fingerprint density at radius 2 is 1.87 bits per heavy atom. The second kappa shape index (κ2) is 8.82. The molecule has 0 N–H and O–H groups in total. The van der Waals surface area contributed by atoms with E-state index in [-0.39, 0.29) is 10.8 Å². The average Bonchev–Trinajstić information content (AvgIpc) is 3.44. The SMILES string of the molecule is CN(Cc1cnn(-c2ccccc2)c1)C(=O)[C@@H]1CCCN1S(=O)(=O)c1ccc(Cl)cc1. The van der Waals surface area contributed by atoms with Gasteiger partial charge in [0.15, 0.2) is 0 Å². The number of nitrogens with zero attached hydrogens (tertiary/aromatic N) is 4. The Kier molecular flexibility index (Phi) is 6.13. The first kappa shape index (κ1) is 21.5. The lowest BCUT2D eigenvalue weighted by Gasteiger charge is -2.27. The molecule has 0 bridgehead atoms. The average molecular weight is 459 g/mol. The molecule has 31 heavy (non-hydrogen) atoms. The van der Waals surface area contributed by atoms with E-state index in [2.05, 4.69) is 5.10 Å². The highest BCUT2D eigenvalue weighted by atomic mass is 35.5. The molecular weight excluding hydrogens is 436 g/mol. The molecule has 3 aromatic rings. The van der Waals surface area contributed by atoms with Crippen molar-refractivity contribution in [1.29, 1.82) is 0 Å². The normalized spacial score (nSPS) is 17.0. The Bertz CT molecular complexity index is 1160. The maximum Gasteiger partial charge on any atom is 0.243 e. The Balaban J connectivity index is 1.48. The third kappa shape index (κ3) is 4.51. The zero-order valence-electron chi connectivity index (χ0n) is 17.1. The van der Waals surface area contributed by atoms with Crippen LogP contribution < -0.4 is 0 Å². The summed E-state index contributed by atoms with van der Waals surface area (Å²) < 4.78 is 29.3. The van der Waals surface area contributed by atoms with Gasteiger partial charge in [-0.05, 0) is 49.2 Å². The van der Waals surface area contributed by atoms with Crippen LogP contribution in [0.4, 0.5) is 0 Å². The number of aromatic nitrogens is 2. The van der Waals surface area contributed by atoms with Crippen molar-refractivity contribution in [2.75, 3.05) is 13.6 Å². The number of likely N-dealkylation sites (N-methyl/N-ethyl adjacent to an activating group) is 1. The van der Waals surface area contributed by atoms with Gasteiger partial charge < -0.3 is 4.90 Å². The predicted octanol–water partition coefficient (Wildman–Crippen LogP) is 3.34. The highest BCUT2D eigenvalue weighted by Crippen LogP contribution is 2.28. The Morgan fingerprint density at radius 1 is 1.16 bits per heavy atom. The maximum atomic E-state index is 13.1. The molecule has 0 radical (unpaired) electrons. The van der Waals surface area contributed by atoms with Crippen LogP contribution in [-0.4, -0.2) is 52.9 Å². The third-order valence-electron chi connectivity index (χ3n) is 5.36. The lowest BCUT2D eigenvalue weighted by atomic mass is 10.2. The highest BCUT2D eigenvalue weighted by Gasteiger charge is 2.40. The molecule has 9 heteroatoms. The minimum atomic E-state index is -3.78. The third-order valence-corrected chi connectivity index (χ3v) is 7.54. The van der Waals surface area contributed by atoms with Gasteiger partial charge in [0.2, 0.25) is 15.9 Å². The standard InChI is InChI=1S/C22H23ClN4O3S/c1-25(15-17-14-24-26(16-17)19-6-3-2-4-7-19)22(28)21-8-5-13-27(21)31(29,30)20-11-9-18(23)10-12-20/h2-4,6-7,9-12,14,16,21H,5,8,13,15H2,1H3/t21-/m0/s1. The van der Waals surface area contributed by atoms with Gasteiger partial charge in [0.05, 0.1) is 16.8 Å². The fourth-order valence-electron chi connectivity index (χ4n) is 3.79. The van der Waals surface area contributed by atoms with Crippen LogP contribution in [0.25, 0.3) is 5.69 Å². The number of benzene rings is 2. The zero-order valence-corrected chi connectivity index (χ0v) is 18.6. The number of carbonyl (C=O) groups excluding carboxylic acids is 1. The monoisotopic (exact) mass is 458 g/mol. The van der Waals surface area contributed by atoms with E-state index in [0.717, 1.165) is 11.3 Å². The molecule has 1 atom stereocenters. The summed E-state index contributed by atoms with van der Waals surface area (Å²) in [6.07, 6.45) is 4.73. The summed E-state index contributed by atoms with van der Waals surface area (Å²) in [6.45, 7) is 0.665. The van der Waals surface area contributed by atoms with Crippen molar-refractivity contribution in [3.63, 3.8) is 0 Å². The van der Waals surface area contributed by atoms with Gasteiger partial charge >= 0.3 is 0 Å². The number of rotatable bonds is 6. The smallest absolute Gasteiger partial charge is 0.243 e. The summed E-state index contributed by atoms with van der Waals surface area (Å²) in [5, 5.41) is 4.82. The molecular formula is C22H23ClN4O3S. The van der Waals surface area contributed by atoms with Crippen LogP contribution in [-0.2, 0) is 21.4 Å². The number of para-hydroxylation sites is 1. The van der Waals surface area contributed by atoms with Crippen molar-refractivity contribution in [2.45, 2.75) is 30.3 Å². The Morgan fingerprint density at radius 3 is 2.58 bits per heavy atom. The van der Waals surface area contributed by atoms with Crippen LogP contribution in [0.3, 0.4) is 0 Å². The van der Waals surface area contributed by atoms with Gasteiger partial charge in [-0.25, -0.2) is 13.1 Å². The summed E-state index contributed by atoms with van der Waals surface area (Å²) in [4.78, 5) is 14.8.